The second kappa shape index (κ2) is 16.0. The Kier molecular flexibility index (Phi) is 11.1. The Morgan fingerprint density at radius 1 is 0.965 bits per heavy atom. The van der Waals surface area contributed by atoms with E-state index in [9.17, 15) is 19.2 Å². The molecule has 1 aliphatic carbocycles. The number of benzene rings is 2. The summed E-state index contributed by atoms with van der Waals surface area (Å²) < 4.78 is 20.2. The third kappa shape index (κ3) is 8.35. The second-order valence-electron chi connectivity index (χ2n) is 16.4. The number of imidazole rings is 1. The average molecular weight is 779 g/mol. The number of aromatic amines is 1. The van der Waals surface area contributed by atoms with E-state index in [1.165, 1.54) is 19.4 Å². The minimum atomic E-state index is -0.720. The van der Waals surface area contributed by atoms with Crippen LogP contribution in [0.5, 0.6) is 0 Å². The molecule has 3 fully saturated rings. The number of nitrogens with one attached hydrogen (secondary N) is 3. The fourth-order valence-electron chi connectivity index (χ4n) is 8.00. The lowest BCUT2D eigenvalue weighted by molar-refractivity contribution is -0.135. The van der Waals surface area contributed by atoms with Crippen LogP contribution in [0.3, 0.4) is 0 Å². The number of amides is 4. The summed E-state index contributed by atoms with van der Waals surface area (Å²) in [5, 5.41) is 5.45. The maximum Gasteiger partial charge on any atom is 0.407 e. The molecule has 13 nitrogen and oxygen atoms in total. The maximum atomic E-state index is 15.5. The van der Waals surface area contributed by atoms with Crippen molar-refractivity contribution in [2.24, 2.45) is 17.3 Å². The molecule has 7 rings (SSSR count). The maximum absolute atomic E-state index is 15.5. The highest BCUT2D eigenvalue weighted by Crippen LogP contribution is 2.52. The molecule has 2 aliphatic heterocycles. The molecule has 2 aromatic carbocycles. The van der Waals surface area contributed by atoms with Crippen molar-refractivity contribution >= 4 is 35.3 Å². The third-order valence-corrected chi connectivity index (χ3v) is 11.6. The summed E-state index contributed by atoms with van der Waals surface area (Å²) in [5.74, 6) is 0.564. The number of aromatic nitrogens is 3. The van der Waals surface area contributed by atoms with Gasteiger partial charge in [-0.15, -0.1) is 0 Å². The number of rotatable bonds is 10. The van der Waals surface area contributed by atoms with Gasteiger partial charge in [-0.05, 0) is 79.0 Å². The number of piperazine rings is 1. The summed E-state index contributed by atoms with van der Waals surface area (Å²) in [6.07, 6.45) is 5.09. The first-order valence-electron chi connectivity index (χ1n) is 19.7. The summed E-state index contributed by atoms with van der Waals surface area (Å²) in [6.45, 7) is 12.6. The molecule has 4 heterocycles. The molecule has 0 unspecified atom stereocenters. The van der Waals surface area contributed by atoms with Crippen molar-refractivity contribution in [3.05, 3.63) is 84.2 Å². The third-order valence-electron chi connectivity index (χ3n) is 11.6. The molecule has 3 N–H and O–H groups in total. The van der Waals surface area contributed by atoms with E-state index < -0.39 is 23.9 Å². The average Bonchev–Trinajstić information content (AvgIpc) is 3.54. The van der Waals surface area contributed by atoms with Gasteiger partial charge in [0.15, 0.2) is 0 Å². The molecule has 1 saturated carbocycles. The van der Waals surface area contributed by atoms with Gasteiger partial charge in [0.05, 0.1) is 30.6 Å². The lowest BCUT2D eigenvalue weighted by Crippen LogP contribution is -2.54. The highest BCUT2D eigenvalue weighted by Gasteiger charge is 2.52. The number of carbonyl (C=O) groups is 4. The fourth-order valence-corrected chi connectivity index (χ4v) is 8.00. The molecule has 300 valence electrons. The number of nitrogens with zero attached hydrogens (tertiary/aromatic N) is 5. The lowest BCUT2D eigenvalue weighted by Gasteiger charge is -2.40. The zero-order valence-corrected chi connectivity index (χ0v) is 33.3. The highest BCUT2D eigenvalue weighted by molar-refractivity contribution is 6.04. The van der Waals surface area contributed by atoms with Crippen LogP contribution in [0.4, 0.5) is 20.7 Å². The SMILES string of the molecule is COC(=O)N[C@H](C(=O)N1CCC[C@H]1c1ncc(-c2ccc(-c3ccc(NC(=O)c4ccc(N5CCN(C(=O)[C@H]6CC6(C)C)C[C@H]5C)nc4)cc3F)cc2)[nH]1)C(C)C. The Hall–Kier alpha value is -5.79. The van der Waals surface area contributed by atoms with E-state index in [-0.39, 0.29) is 41.1 Å². The number of hydrogen-bond acceptors (Lipinski definition) is 8. The monoisotopic (exact) mass is 778 g/mol. The smallest absolute Gasteiger partial charge is 0.407 e. The predicted octanol–water partition coefficient (Wildman–Crippen LogP) is 6.66. The van der Waals surface area contributed by atoms with Crippen molar-refractivity contribution < 1.29 is 28.3 Å². The van der Waals surface area contributed by atoms with Crippen molar-refractivity contribution in [3.63, 3.8) is 0 Å². The van der Waals surface area contributed by atoms with E-state index in [1.807, 2.05) is 49.1 Å². The molecule has 0 bridgehead atoms. The van der Waals surface area contributed by atoms with Crippen LogP contribution in [-0.4, -0.2) is 93.9 Å². The zero-order valence-electron chi connectivity index (χ0n) is 33.3. The minimum absolute atomic E-state index is 0.0854. The zero-order chi connectivity index (χ0) is 40.6. The number of methoxy groups -OCH3 is 1. The molecular formula is C43H51FN8O5. The number of anilines is 2. The molecule has 0 radical (unpaired) electrons. The summed E-state index contributed by atoms with van der Waals surface area (Å²) in [6, 6.07) is 14.6. The van der Waals surface area contributed by atoms with Gasteiger partial charge in [0.2, 0.25) is 11.8 Å². The van der Waals surface area contributed by atoms with Gasteiger partial charge in [-0.1, -0.05) is 52.0 Å². The van der Waals surface area contributed by atoms with Crippen molar-refractivity contribution in [1.82, 2.24) is 30.1 Å². The quantitative estimate of drug-likeness (QED) is 0.162. The molecule has 2 aromatic heterocycles. The van der Waals surface area contributed by atoms with E-state index in [2.05, 4.69) is 51.3 Å². The molecule has 3 aliphatic rings. The van der Waals surface area contributed by atoms with Crippen LogP contribution in [0.1, 0.15) is 76.1 Å². The van der Waals surface area contributed by atoms with Gasteiger partial charge in [0.25, 0.3) is 5.91 Å². The first kappa shape index (κ1) is 39.4. The second-order valence-corrected chi connectivity index (χ2v) is 16.4. The van der Waals surface area contributed by atoms with E-state index >= 15 is 4.39 Å². The first-order chi connectivity index (χ1) is 27.2. The molecule has 57 heavy (non-hydrogen) atoms. The topological polar surface area (TPSA) is 153 Å². The molecule has 4 aromatic rings. The Bertz CT molecular complexity index is 2140. The van der Waals surface area contributed by atoms with Gasteiger partial charge in [-0.25, -0.2) is 19.2 Å². The molecule has 4 amide bonds. The standard InChI is InChI=1S/C43H51FN8O5/c1-25(2)37(49-42(56)57-6)41(55)52-17-7-8-35(52)38-46-23-34(48-38)28-11-9-27(10-12-28)31-15-14-30(20-33(31)44)47-39(53)29-13-16-36(45-22-29)51-19-18-50(24-26(51)3)40(54)32-21-43(32,4)5/h9-16,20,22-23,25-26,32,35,37H,7-8,17-19,21,24H2,1-6H3,(H,46,48)(H,47,53)(H,49,56)/t26-,32-,35+,37+/m1/s1. The Balaban J connectivity index is 0.950. The largest absolute Gasteiger partial charge is 0.453 e. The van der Waals surface area contributed by atoms with Crippen LogP contribution in [0.15, 0.2) is 67.0 Å². The Labute approximate surface area is 332 Å². The van der Waals surface area contributed by atoms with Crippen LogP contribution in [0, 0.1) is 23.1 Å². The molecule has 2 saturated heterocycles. The number of hydrogen-bond donors (Lipinski definition) is 3. The van der Waals surface area contributed by atoms with Crippen molar-refractivity contribution in [1.29, 1.82) is 0 Å². The van der Waals surface area contributed by atoms with E-state index in [1.54, 1.807) is 29.3 Å². The van der Waals surface area contributed by atoms with E-state index in [0.717, 1.165) is 36.3 Å². The lowest BCUT2D eigenvalue weighted by atomic mass is 10.0. The molecule has 14 heteroatoms. The van der Waals surface area contributed by atoms with Crippen LogP contribution in [0.25, 0.3) is 22.4 Å². The summed E-state index contributed by atoms with van der Waals surface area (Å²) in [5.41, 5.74) is 3.41. The first-order valence-corrected chi connectivity index (χ1v) is 19.7. The number of H-pyrrole nitrogens is 1. The number of carbonyl (C=O) groups excluding carboxylic acids is 4. The highest BCUT2D eigenvalue weighted by atomic mass is 19.1. The molecule has 0 spiro atoms. The van der Waals surface area contributed by atoms with Gasteiger partial charge >= 0.3 is 6.09 Å². The van der Waals surface area contributed by atoms with Gasteiger partial charge in [0.1, 0.15) is 23.5 Å². The number of pyridine rings is 1. The number of likely N-dealkylation sites (tertiary alicyclic amines) is 1. The Morgan fingerprint density at radius 2 is 1.70 bits per heavy atom. The summed E-state index contributed by atoms with van der Waals surface area (Å²) in [4.78, 5) is 69.9. The normalized spacial score (nSPS) is 20.6. The van der Waals surface area contributed by atoms with E-state index in [4.69, 9.17) is 4.74 Å². The van der Waals surface area contributed by atoms with Crippen LogP contribution in [-0.2, 0) is 14.3 Å². The minimum Gasteiger partial charge on any atom is -0.453 e. The summed E-state index contributed by atoms with van der Waals surface area (Å²) in [7, 11) is 1.27. The van der Waals surface area contributed by atoms with E-state index in [0.29, 0.717) is 54.4 Å². The Morgan fingerprint density at radius 3 is 2.33 bits per heavy atom. The number of ether oxygens (including phenoxy) is 1. The van der Waals surface area contributed by atoms with Crippen molar-refractivity contribution in [2.75, 3.05) is 43.5 Å². The molecular weight excluding hydrogens is 728 g/mol. The fraction of sp³-hybridized carbons (Fsp3) is 0.442. The summed E-state index contributed by atoms with van der Waals surface area (Å²) >= 11 is 0. The number of alkyl carbamates (subject to hydrolysis) is 1. The van der Waals surface area contributed by atoms with Gasteiger partial charge in [0, 0.05) is 55.6 Å². The van der Waals surface area contributed by atoms with Gasteiger partial charge in [-0.3, -0.25) is 14.4 Å². The number of halogens is 1. The van der Waals surface area contributed by atoms with Crippen LogP contribution >= 0.6 is 0 Å². The van der Waals surface area contributed by atoms with Gasteiger partial charge < -0.3 is 35.1 Å². The van der Waals surface area contributed by atoms with Crippen LogP contribution in [0.2, 0.25) is 0 Å². The molecule has 4 atom stereocenters. The van der Waals surface area contributed by atoms with Crippen LogP contribution < -0.4 is 15.5 Å². The van der Waals surface area contributed by atoms with Crippen molar-refractivity contribution in [3.8, 4) is 22.4 Å². The predicted molar refractivity (Wildman–Crippen MR) is 215 cm³/mol. The van der Waals surface area contributed by atoms with Crippen molar-refractivity contribution in [2.45, 2.75) is 72.0 Å². The van der Waals surface area contributed by atoms with Gasteiger partial charge in [-0.2, -0.15) is 0 Å².